The number of aliphatic imine (C=N–C) groups is 1. The number of nitrogens with zero attached hydrogens (tertiary/aromatic N) is 2. The van der Waals surface area contributed by atoms with E-state index in [1.165, 1.54) is 11.8 Å². The number of piperidine rings is 1. The van der Waals surface area contributed by atoms with Crippen molar-refractivity contribution in [1.29, 1.82) is 0 Å². The summed E-state index contributed by atoms with van der Waals surface area (Å²) in [6.45, 7) is 7.17. The molecule has 1 aliphatic heterocycles. The Morgan fingerprint density at radius 1 is 1.15 bits per heavy atom. The summed E-state index contributed by atoms with van der Waals surface area (Å²) in [4.78, 5) is 29.4. The molecule has 6 nitrogen and oxygen atoms in total. The molecule has 0 saturated carbocycles. The average molecular weight is 300 g/mol. The maximum Gasteiger partial charge on any atom is 0.345 e. The second kappa shape index (κ2) is 7.52. The zero-order valence-corrected chi connectivity index (χ0v) is 13.5. The molecule has 0 atom stereocenters. The molecular formula is C13H24N4O2S. The SMILES string of the molecule is CSC(=NC(=O)N1CCCCC1)NC(=O)NC(C)(C)C. The van der Waals surface area contributed by atoms with Crippen LogP contribution in [0.15, 0.2) is 4.99 Å². The number of rotatable bonds is 0. The maximum absolute atomic E-state index is 12.0. The third-order valence-electron chi connectivity index (χ3n) is 2.73. The molecule has 0 unspecified atom stereocenters. The summed E-state index contributed by atoms with van der Waals surface area (Å²) in [5.41, 5.74) is -0.329. The second-order valence-corrected chi connectivity index (χ2v) is 6.58. The van der Waals surface area contributed by atoms with Crippen LogP contribution < -0.4 is 10.6 Å². The van der Waals surface area contributed by atoms with E-state index >= 15 is 0 Å². The predicted molar refractivity (Wildman–Crippen MR) is 83.2 cm³/mol. The van der Waals surface area contributed by atoms with Gasteiger partial charge in [0.2, 0.25) is 0 Å². The van der Waals surface area contributed by atoms with Gasteiger partial charge in [0.1, 0.15) is 0 Å². The fraction of sp³-hybridized carbons (Fsp3) is 0.769. The Kier molecular flexibility index (Phi) is 6.32. The first-order chi connectivity index (χ1) is 9.31. The van der Waals surface area contributed by atoms with Gasteiger partial charge in [-0.3, -0.25) is 5.32 Å². The van der Waals surface area contributed by atoms with Crippen molar-refractivity contribution in [2.45, 2.75) is 45.6 Å². The third kappa shape index (κ3) is 6.27. The standard InChI is InChI=1S/C13H24N4O2S/c1-13(2,3)16-10(18)14-11(20-4)15-12(19)17-8-6-5-7-9-17/h5-9H2,1-4H3,(H2,14,15,16,18,19). The Bertz CT molecular complexity index is 384. The van der Waals surface area contributed by atoms with Crippen LogP contribution >= 0.6 is 11.8 Å². The van der Waals surface area contributed by atoms with E-state index in [0.717, 1.165) is 32.4 Å². The normalized spacial score (nSPS) is 16.8. The van der Waals surface area contributed by atoms with Gasteiger partial charge in [-0.05, 0) is 46.3 Å². The van der Waals surface area contributed by atoms with Crippen LogP contribution in [0.1, 0.15) is 40.0 Å². The summed E-state index contributed by atoms with van der Waals surface area (Å²) < 4.78 is 0. The summed E-state index contributed by atoms with van der Waals surface area (Å²) in [5.74, 6) is 0. The highest BCUT2D eigenvalue weighted by Crippen LogP contribution is 2.10. The number of amides is 4. The number of urea groups is 2. The van der Waals surface area contributed by atoms with Crippen LogP contribution in [0.25, 0.3) is 0 Å². The minimum absolute atomic E-state index is 0.273. The number of amidine groups is 1. The molecule has 20 heavy (non-hydrogen) atoms. The van der Waals surface area contributed by atoms with Gasteiger partial charge < -0.3 is 10.2 Å². The van der Waals surface area contributed by atoms with Crippen molar-refractivity contribution < 1.29 is 9.59 Å². The number of likely N-dealkylation sites (tertiary alicyclic amines) is 1. The number of hydrogen-bond donors (Lipinski definition) is 2. The summed E-state index contributed by atoms with van der Waals surface area (Å²) in [7, 11) is 0. The van der Waals surface area contributed by atoms with E-state index in [2.05, 4.69) is 15.6 Å². The minimum atomic E-state index is -0.350. The summed E-state index contributed by atoms with van der Waals surface area (Å²) in [5, 5.41) is 5.70. The molecule has 7 heteroatoms. The van der Waals surface area contributed by atoms with Crippen LogP contribution in [-0.4, -0.2) is 47.0 Å². The van der Waals surface area contributed by atoms with E-state index in [0.29, 0.717) is 5.17 Å². The first-order valence-electron chi connectivity index (χ1n) is 6.82. The van der Waals surface area contributed by atoms with Gasteiger partial charge in [-0.1, -0.05) is 11.8 Å². The van der Waals surface area contributed by atoms with Crippen molar-refractivity contribution in [3.05, 3.63) is 0 Å². The van der Waals surface area contributed by atoms with Crippen molar-refractivity contribution >= 4 is 29.0 Å². The van der Waals surface area contributed by atoms with Gasteiger partial charge in [-0.15, -0.1) is 0 Å². The van der Waals surface area contributed by atoms with Gasteiger partial charge in [0.25, 0.3) is 0 Å². The highest BCUT2D eigenvalue weighted by atomic mass is 32.2. The van der Waals surface area contributed by atoms with Crippen molar-refractivity contribution in [1.82, 2.24) is 15.5 Å². The molecule has 0 radical (unpaired) electrons. The maximum atomic E-state index is 12.0. The molecule has 1 fully saturated rings. The zero-order valence-electron chi connectivity index (χ0n) is 12.7. The lowest BCUT2D eigenvalue weighted by atomic mass is 10.1. The third-order valence-corrected chi connectivity index (χ3v) is 3.31. The number of carbonyl (C=O) groups excluding carboxylic acids is 2. The molecule has 114 valence electrons. The summed E-state index contributed by atoms with van der Waals surface area (Å²) in [6, 6.07) is -0.623. The highest BCUT2D eigenvalue weighted by Gasteiger charge is 2.18. The van der Waals surface area contributed by atoms with E-state index in [1.54, 1.807) is 11.2 Å². The Balaban J connectivity index is 2.57. The molecule has 2 N–H and O–H groups in total. The predicted octanol–water partition coefficient (Wildman–Crippen LogP) is 2.41. The molecule has 0 spiro atoms. The molecule has 1 rings (SSSR count). The summed E-state index contributed by atoms with van der Waals surface area (Å²) >= 11 is 1.25. The van der Waals surface area contributed by atoms with Crippen LogP contribution in [-0.2, 0) is 0 Å². The van der Waals surface area contributed by atoms with Crippen molar-refractivity contribution in [2.24, 2.45) is 4.99 Å². The van der Waals surface area contributed by atoms with E-state index < -0.39 is 0 Å². The quantitative estimate of drug-likeness (QED) is 0.533. The molecule has 0 bridgehead atoms. The van der Waals surface area contributed by atoms with E-state index in [4.69, 9.17) is 0 Å². The van der Waals surface area contributed by atoms with E-state index in [9.17, 15) is 9.59 Å². The first kappa shape index (κ1) is 16.8. The van der Waals surface area contributed by atoms with Crippen molar-refractivity contribution in [3.8, 4) is 0 Å². The average Bonchev–Trinajstić information content (AvgIpc) is 2.36. The molecule has 1 saturated heterocycles. The lowest BCUT2D eigenvalue weighted by Crippen LogP contribution is -2.48. The van der Waals surface area contributed by atoms with Gasteiger partial charge in [0, 0.05) is 18.6 Å². The smallest absolute Gasteiger partial charge is 0.333 e. The Morgan fingerprint density at radius 2 is 1.75 bits per heavy atom. The zero-order chi connectivity index (χ0) is 15.2. The van der Waals surface area contributed by atoms with Crippen molar-refractivity contribution in [2.75, 3.05) is 19.3 Å². The van der Waals surface area contributed by atoms with Gasteiger partial charge >= 0.3 is 12.1 Å². The minimum Gasteiger partial charge on any atom is -0.333 e. The second-order valence-electron chi connectivity index (χ2n) is 5.78. The van der Waals surface area contributed by atoms with E-state index in [1.807, 2.05) is 20.8 Å². The lowest BCUT2D eigenvalue weighted by molar-refractivity contribution is 0.196. The molecule has 0 aliphatic carbocycles. The van der Waals surface area contributed by atoms with Crippen LogP contribution in [0.2, 0.25) is 0 Å². The Labute approximate surface area is 124 Å². The molecule has 0 aromatic rings. The monoisotopic (exact) mass is 300 g/mol. The molecular weight excluding hydrogens is 276 g/mol. The fourth-order valence-corrected chi connectivity index (χ4v) is 2.20. The summed E-state index contributed by atoms with van der Waals surface area (Å²) in [6.07, 6.45) is 4.98. The van der Waals surface area contributed by atoms with Gasteiger partial charge in [-0.25, -0.2) is 9.59 Å². The van der Waals surface area contributed by atoms with Crippen LogP contribution in [0.5, 0.6) is 0 Å². The van der Waals surface area contributed by atoms with Gasteiger partial charge in [0.05, 0.1) is 0 Å². The van der Waals surface area contributed by atoms with E-state index in [-0.39, 0.29) is 17.6 Å². The van der Waals surface area contributed by atoms with Crippen molar-refractivity contribution in [3.63, 3.8) is 0 Å². The molecule has 1 heterocycles. The molecule has 1 aliphatic rings. The molecule has 0 aromatic carbocycles. The number of carbonyl (C=O) groups is 2. The van der Waals surface area contributed by atoms with Crippen LogP contribution in [0.3, 0.4) is 0 Å². The molecule has 0 aromatic heterocycles. The largest absolute Gasteiger partial charge is 0.345 e. The highest BCUT2D eigenvalue weighted by molar-refractivity contribution is 8.13. The topological polar surface area (TPSA) is 73.8 Å². The Morgan fingerprint density at radius 3 is 2.25 bits per heavy atom. The first-order valence-corrected chi connectivity index (χ1v) is 8.05. The van der Waals surface area contributed by atoms with Gasteiger partial charge in [0.15, 0.2) is 5.17 Å². The van der Waals surface area contributed by atoms with Crippen LogP contribution in [0, 0.1) is 0 Å². The van der Waals surface area contributed by atoms with Gasteiger partial charge in [-0.2, -0.15) is 4.99 Å². The number of thioether (sulfide) groups is 1. The Hall–Kier alpha value is -1.24. The number of nitrogens with one attached hydrogen (secondary N) is 2. The fourth-order valence-electron chi connectivity index (χ4n) is 1.84. The lowest BCUT2D eigenvalue weighted by Gasteiger charge is -2.25. The van der Waals surface area contributed by atoms with Crippen LogP contribution in [0.4, 0.5) is 9.59 Å². The number of hydrogen-bond acceptors (Lipinski definition) is 3. The molecule has 4 amide bonds.